The highest BCUT2D eigenvalue weighted by Crippen LogP contribution is 2.37. The first kappa shape index (κ1) is 21.0. The molecule has 0 saturated carbocycles. The van der Waals surface area contributed by atoms with Crippen LogP contribution in [0.5, 0.6) is 0 Å². The van der Waals surface area contributed by atoms with E-state index in [0.29, 0.717) is 39.5 Å². The molecule has 1 saturated heterocycles. The number of pyridine rings is 1. The molecule has 0 radical (unpaired) electrons. The molecule has 5 N–H and O–H groups in total. The highest BCUT2D eigenvalue weighted by atomic mass is 35.5. The van der Waals surface area contributed by atoms with Gasteiger partial charge in [0.25, 0.3) is 0 Å². The van der Waals surface area contributed by atoms with E-state index in [0.717, 1.165) is 12.8 Å². The first-order valence-corrected chi connectivity index (χ1v) is 10.2. The van der Waals surface area contributed by atoms with E-state index in [1.54, 1.807) is 18.5 Å². The second-order valence-electron chi connectivity index (χ2n) is 7.15. The molecule has 0 amide bonds. The third-order valence-electron chi connectivity index (χ3n) is 5.31. The SMILES string of the molecule is CC1(C(N)CF)CCN(c2ncc(Sc3ccnc(N)c3Cl)nc2CO)CC1. The van der Waals surface area contributed by atoms with Crippen molar-refractivity contribution in [2.24, 2.45) is 11.1 Å². The summed E-state index contributed by atoms with van der Waals surface area (Å²) in [4.78, 5) is 15.8. The minimum atomic E-state index is -0.522. The van der Waals surface area contributed by atoms with Gasteiger partial charge in [-0.25, -0.2) is 19.3 Å². The molecule has 7 nitrogen and oxygen atoms in total. The minimum absolute atomic E-state index is 0.230. The zero-order valence-electron chi connectivity index (χ0n) is 15.6. The Morgan fingerprint density at radius 2 is 2.11 bits per heavy atom. The minimum Gasteiger partial charge on any atom is -0.390 e. The van der Waals surface area contributed by atoms with Crippen molar-refractivity contribution in [1.82, 2.24) is 15.0 Å². The van der Waals surface area contributed by atoms with Gasteiger partial charge in [-0.15, -0.1) is 0 Å². The number of rotatable bonds is 6. The summed E-state index contributed by atoms with van der Waals surface area (Å²) in [5, 5.41) is 10.8. The fraction of sp³-hybridized carbons (Fsp3) is 0.500. The Morgan fingerprint density at radius 3 is 2.75 bits per heavy atom. The molecule has 10 heteroatoms. The molecule has 2 aromatic rings. The number of aliphatic hydroxyl groups is 1. The molecule has 152 valence electrons. The maximum atomic E-state index is 13.0. The summed E-state index contributed by atoms with van der Waals surface area (Å²) < 4.78 is 13.0. The standard InChI is InChI=1S/C18H24ClFN6OS/c1-18(13(21)8-20)3-6-26(7-4-18)17-11(10-27)25-14(9-24-17)28-12-2-5-23-16(22)15(12)19/h2,5,9,13,27H,3-4,6-8,10,21H2,1H3,(H2,22,23). The summed E-state index contributed by atoms with van der Waals surface area (Å²) in [5.41, 5.74) is 11.9. The van der Waals surface area contributed by atoms with Crippen molar-refractivity contribution < 1.29 is 9.50 Å². The van der Waals surface area contributed by atoms with Crippen LogP contribution < -0.4 is 16.4 Å². The van der Waals surface area contributed by atoms with Crippen molar-refractivity contribution in [2.75, 3.05) is 30.4 Å². The molecule has 1 aliphatic rings. The molecule has 2 aromatic heterocycles. The van der Waals surface area contributed by atoms with Crippen molar-refractivity contribution in [3.05, 3.63) is 29.2 Å². The van der Waals surface area contributed by atoms with Gasteiger partial charge >= 0.3 is 0 Å². The Morgan fingerprint density at radius 1 is 1.39 bits per heavy atom. The quantitative estimate of drug-likeness (QED) is 0.645. The summed E-state index contributed by atoms with van der Waals surface area (Å²) in [5.74, 6) is 0.893. The highest BCUT2D eigenvalue weighted by molar-refractivity contribution is 7.99. The van der Waals surface area contributed by atoms with Gasteiger partial charge < -0.3 is 21.5 Å². The first-order valence-electron chi connectivity index (χ1n) is 8.99. The summed E-state index contributed by atoms with van der Waals surface area (Å²) in [6.07, 6.45) is 4.73. The average Bonchev–Trinajstić information content (AvgIpc) is 2.71. The number of nitrogens with zero attached hydrogens (tertiary/aromatic N) is 4. The normalized spacial score (nSPS) is 17.5. The van der Waals surface area contributed by atoms with Gasteiger partial charge in [-0.1, -0.05) is 30.3 Å². The lowest BCUT2D eigenvalue weighted by Gasteiger charge is -2.42. The number of hydrogen-bond acceptors (Lipinski definition) is 8. The molecule has 28 heavy (non-hydrogen) atoms. The second kappa shape index (κ2) is 8.77. The lowest BCUT2D eigenvalue weighted by atomic mass is 9.75. The van der Waals surface area contributed by atoms with Crippen LogP contribution in [0.4, 0.5) is 16.0 Å². The number of aromatic nitrogens is 3. The Bertz CT molecular complexity index is 834. The van der Waals surface area contributed by atoms with E-state index in [2.05, 4.69) is 19.9 Å². The van der Waals surface area contributed by atoms with Gasteiger partial charge in [0, 0.05) is 30.2 Å². The highest BCUT2D eigenvalue weighted by Gasteiger charge is 2.36. The Kier molecular flexibility index (Phi) is 6.59. The van der Waals surface area contributed by atoms with Gasteiger partial charge in [-0.3, -0.25) is 0 Å². The fourth-order valence-corrected chi connectivity index (χ4v) is 4.28. The molecular formula is C18H24ClFN6OS. The third-order valence-corrected chi connectivity index (χ3v) is 6.79. The van der Waals surface area contributed by atoms with Crippen LogP contribution in [-0.4, -0.2) is 45.9 Å². The van der Waals surface area contributed by atoms with Crippen LogP contribution >= 0.6 is 23.4 Å². The predicted octanol–water partition coefficient (Wildman–Crippen LogP) is 2.65. The molecule has 1 atom stereocenters. The molecule has 0 bridgehead atoms. The Labute approximate surface area is 172 Å². The fourth-order valence-electron chi connectivity index (χ4n) is 3.24. The molecule has 1 fully saturated rings. The monoisotopic (exact) mass is 426 g/mol. The Hall–Kier alpha value is -1.68. The van der Waals surface area contributed by atoms with E-state index in [-0.39, 0.29) is 17.8 Å². The molecular weight excluding hydrogens is 403 g/mol. The maximum absolute atomic E-state index is 13.0. The van der Waals surface area contributed by atoms with Crippen LogP contribution in [0.15, 0.2) is 28.4 Å². The average molecular weight is 427 g/mol. The van der Waals surface area contributed by atoms with Crippen molar-refractivity contribution in [3.63, 3.8) is 0 Å². The van der Waals surface area contributed by atoms with E-state index >= 15 is 0 Å². The van der Waals surface area contributed by atoms with Gasteiger partial charge in [0.05, 0.1) is 17.8 Å². The van der Waals surface area contributed by atoms with E-state index < -0.39 is 12.7 Å². The van der Waals surface area contributed by atoms with E-state index in [1.807, 2.05) is 6.92 Å². The van der Waals surface area contributed by atoms with Crippen LogP contribution in [0.2, 0.25) is 5.02 Å². The van der Waals surface area contributed by atoms with Crippen LogP contribution in [0.3, 0.4) is 0 Å². The van der Waals surface area contributed by atoms with E-state index in [4.69, 9.17) is 23.1 Å². The van der Waals surface area contributed by atoms with Crippen LogP contribution in [0.25, 0.3) is 0 Å². The maximum Gasteiger partial charge on any atom is 0.152 e. The zero-order chi connectivity index (χ0) is 20.3. The van der Waals surface area contributed by atoms with Crippen molar-refractivity contribution in [2.45, 2.75) is 42.3 Å². The Balaban J connectivity index is 1.76. The number of aliphatic hydroxyl groups excluding tert-OH is 1. The second-order valence-corrected chi connectivity index (χ2v) is 8.59. The molecule has 3 rings (SSSR count). The molecule has 1 aliphatic heterocycles. The van der Waals surface area contributed by atoms with Crippen LogP contribution in [0, 0.1) is 5.41 Å². The van der Waals surface area contributed by atoms with Crippen molar-refractivity contribution in [3.8, 4) is 0 Å². The summed E-state index contributed by atoms with van der Waals surface area (Å²) in [6.45, 7) is 2.64. The summed E-state index contributed by atoms with van der Waals surface area (Å²) in [7, 11) is 0. The van der Waals surface area contributed by atoms with Gasteiger partial charge in [-0.05, 0) is 24.3 Å². The molecule has 0 spiro atoms. The largest absolute Gasteiger partial charge is 0.390 e. The smallest absolute Gasteiger partial charge is 0.152 e. The van der Waals surface area contributed by atoms with E-state index in [9.17, 15) is 9.50 Å². The first-order chi connectivity index (χ1) is 13.4. The number of halogens is 2. The van der Waals surface area contributed by atoms with Crippen LogP contribution in [-0.2, 0) is 6.61 Å². The number of nitrogen functional groups attached to an aromatic ring is 1. The molecule has 0 aliphatic carbocycles. The van der Waals surface area contributed by atoms with Gasteiger partial charge in [-0.2, -0.15) is 0 Å². The van der Waals surface area contributed by atoms with Gasteiger partial charge in [0.1, 0.15) is 23.2 Å². The topological polar surface area (TPSA) is 114 Å². The molecule has 1 unspecified atom stereocenters. The van der Waals surface area contributed by atoms with Crippen molar-refractivity contribution in [1.29, 1.82) is 0 Å². The number of anilines is 2. The molecule has 0 aromatic carbocycles. The molecule has 3 heterocycles. The van der Waals surface area contributed by atoms with Crippen LogP contribution in [0.1, 0.15) is 25.5 Å². The van der Waals surface area contributed by atoms with Crippen molar-refractivity contribution >= 4 is 35.0 Å². The lowest BCUT2D eigenvalue weighted by Crippen LogP contribution is -2.49. The zero-order valence-corrected chi connectivity index (χ0v) is 17.2. The predicted molar refractivity (Wildman–Crippen MR) is 109 cm³/mol. The number of piperidine rings is 1. The lowest BCUT2D eigenvalue weighted by molar-refractivity contribution is 0.169. The van der Waals surface area contributed by atoms with E-state index in [1.165, 1.54) is 11.8 Å². The third kappa shape index (κ3) is 4.32. The van der Waals surface area contributed by atoms with Gasteiger partial charge in [0.15, 0.2) is 5.82 Å². The number of alkyl halides is 1. The summed E-state index contributed by atoms with van der Waals surface area (Å²) in [6, 6.07) is 1.28. The number of hydrogen-bond donors (Lipinski definition) is 3. The summed E-state index contributed by atoms with van der Waals surface area (Å²) >= 11 is 7.49. The number of nitrogens with two attached hydrogens (primary N) is 2. The van der Waals surface area contributed by atoms with Gasteiger partial charge in [0.2, 0.25) is 0 Å².